The van der Waals surface area contributed by atoms with Crippen molar-refractivity contribution in [1.29, 1.82) is 0 Å². The monoisotopic (exact) mass is 521 g/mol. The average molecular weight is 523 g/mol. The van der Waals surface area contributed by atoms with Crippen molar-refractivity contribution < 1.29 is 4.79 Å². The molecule has 9 heteroatoms. The number of aromatic nitrogens is 2. The molecule has 0 spiro atoms. The predicted octanol–water partition coefficient (Wildman–Crippen LogP) is 7.08. The van der Waals surface area contributed by atoms with E-state index in [2.05, 4.69) is 31.2 Å². The van der Waals surface area contributed by atoms with Gasteiger partial charge in [-0.25, -0.2) is 9.97 Å². The van der Waals surface area contributed by atoms with Gasteiger partial charge in [0.1, 0.15) is 0 Å². The largest absolute Gasteiger partial charge is 0.301 e. The Morgan fingerprint density at radius 1 is 0.966 bits per heavy atom. The molecule has 0 aliphatic rings. The van der Waals surface area contributed by atoms with E-state index in [1.54, 1.807) is 0 Å². The summed E-state index contributed by atoms with van der Waals surface area (Å²) in [6.45, 7) is 0. The second-order valence-corrected chi connectivity index (χ2v) is 10.2. The number of halogens is 2. The van der Waals surface area contributed by atoms with Crippen LogP contribution in [-0.2, 0) is 4.79 Å². The van der Waals surface area contributed by atoms with Crippen LogP contribution in [0.25, 0.3) is 22.5 Å². The van der Waals surface area contributed by atoms with E-state index >= 15 is 0 Å². The number of thioether (sulfide) groups is 1. The first-order chi connectivity index (χ1) is 14.1. The van der Waals surface area contributed by atoms with Crippen LogP contribution in [-0.4, -0.2) is 21.6 Å². The van der Waals surface area contributed by atoms with Crippen molar-refractivity contribution in [1.82, 2.24) is 9.97 Å². The van der Waals surface area contributed by atoms with Crippen molar-refractivity contribution >= 4 is 73.0 Å². The highest BCUT2D eigenvalue weighted by molar-refractivity contribution is 9.10. The Morgan fingerprint density at radius 3 is 2.31 bits per heavy atom. The Bertz CT molecular complexity index is 1130. The molecule has 146 valence electrons. The minimum absolute atomic E-state index is 0.104. The maximum atomic E-state index is 12.3. The lowest BCUT2D eigenvalue weighted by Gasteiger charge is -2.00. The van der Waals surface area contributed by atoms with Crippen molar-refractivity contribution in [3.05, 3.63) is 68.8 Å². The van der Waals surface area contributed by atoms with Crippen molar-refractivity contribution in [2.75, 3.05) is 11.1 Å². The van der Waals surface area contributed by atoms with E-state index in [1.807, 2.05) is 59.3 Å². The Balaban J connectivity index is 1.33. The van der Waals surface area contributed by atoms with E-state index in [-0.39, 0.29) is 11.7 Å². The summed E-state index contributed by atoms with van der Waals surface area (Å²) in [5.74, 6) is 0.177. The van der Waals surface area contributed by atoms with Gasteiger partial charge in [0.15, 0.2) is 9.47 Å². The summed E-state index contributed by atoms with van der Waals surface area (Å²) in [4.78, 5) is 21.4. The summed E-state index contributed by atoms with van der Waals surface area (Å²) in [7, 11) is 0. The third kappa shape index (κ3) is 5.46. The molecule has 2 aromatic heterocycles. The summed E-state index contributed by atoms with van der Waals surface area (Å²) < 4.78 is 1.89. The summed E-state index contributed by atoms with van der Waals surface area (Å²) in [5, 5.41) is 8.03. The molecule has 0 bridgehead atoms. The molecule has 1 amide bonds. The Hall–Kier alpha value is -1.71. The average Bonchev–Trinajstić information content (AvgIpc) is 3.37. The first kappa shape index (κ1) is 20.6. The zero-order valence-electron chi connectivity index (χ0n) is 14.8. The van der Waals surface area contributed by atoms with Crippen LogP contribution in [0.15, 0.2) is 68.1 Å². The van der Waals surface area contributed by atoms with Gasteiger partial charge in [0, 0.05) is 31.4 Å². The van der Waals surface area contributed by atoms with Gasteiger partial charge < -0.3 is 5.32 Å². The molecule has 4 nitrogen and oxygen atoms in total. The van der Waals surface area contributed by atoms with Crippen LogP contribution in [0.2, 0.25) is 5.02 Å². The predicted molar refractivity (Wildman–Crippen MR) is 127 cm³/mol. The number of amides is 1. The van der Waals surface area contributed by atoms with Crippen LogP contribution in [0, 0.1) is 0 Å². The maximum Gasteiger partial charge on any atom is 0.236 e. The molecule has 29 heavy (non-hydrogen) atoms. The van der Waals surface area contributed by atoms with Gasteiger partial charge in [-0.3, -0.25) is 4.79 Å². The molecule has 2 heterocycles. The van der Waals surface area contributed by atoms with E-state index in [4.69, 9.17) is 11.6 Å². The first-order valence-corrected chi connectivity index (χ1v) is 12.3. The number of benzene rings is 2. The summed E-state index contributed by atoms with van der Waals surface area (Å²) in [6.07, 6.45) is 0. The van der Waals surface area contributed by atoms with Crippen LogP contribution in [0.1, 0.15) is 0 Å². The van der Waals surface area contributed by atoms with Gasteiger partial charge in [0.2, 0.25) is 5.91 Å². The third-order valence-electron chi connectivity index (χ3n) is 3.84. The second kappa shape index (κ2) is 9.40. The molecule has 4 aromatic rings. The molecule has 0 unspecified atom stereocenters. The van der Waals surface area contributed by atoms with Gasteiger partial charge in [0.05, 0.1) is 17.1 Å². The lowest BCUT2D eigenvalue weighted by molar-refractivity contribution is -0.113. The number of hydrogen-bond donors (Lipinski definition) is 1. The zero-order valence-corrected chi connectivity index (χ0v) is 19.6. The van der Waals surface area contributed by atoms with Crippen molar-refractivity contribution in [2.45, 2.75) is 4.34 Å². The fraction of sp³-hybridized carbons (Fsp3) is 0.0500. The van der Waals surface area contributed by atoms with Crippen molar-refractivity contribution in [3.63, 3.8) is 0 Å². The van der Waals surface area contributed by atoms with Gasteiger partial charge in [-0.15, -0.1) is 22.7 Å². The molecule has 4 rings (SSSR count). The zero-order chi connectivity index (χ0) is 20.2. The molecule has 0 saturated heterocycles. The Kier molecular flexibility index (Phi) is 6.67. The van der Waals surface area contributed by atoms with Gasteiger partial charge in [-0.05, 0) is 24.3 Å². The quantitative estimate of drug-likeness (QED) is 0.275. The van der Waals surface area contributed by atoms with Crippen molar-refractivity contribution in [2.24, 2.45) is 0 Å². The van der Waals surface area contributed by atoms with Crippen LogP contribution >= 0.6 is 62.0 Å². The fourth-order valence-corrected chi connectivity index (χ4v) is 5.21. The second-order valence-electron chi connectivity index (χ2n) is 5.89. The van der Waals surface area contributed by atoms with Crippen molar-refractivity contribution in [3.8, 4) is 22.5 Å². The summed E-state index contributed by atoms with van der Waals surface area (Å²) in [6, 6.07) is 15.5. The lowest BCUT2D eigenvalue weighted by Crippen LogP contribution is -2.13. The fourth-order valence-electron chi connectivity index (χ4n) is 2.44. The topological polar surface area (TPSA) is 54.9 Å². The van der Waals surface area contributed by atoms with E-state index < -0.39 is 0 Å². The molecule has 0 saturated carbocycles. The summed E-state index contributed by atoms with van der Waals surface area (Å²) >= 11 is 13.7. The highest BCUT2D eigenvalue weighted by atomic mass is 79.9. The number of carbonyl (C=O) groups is 1. The highest BCUT2D eigenvalue weighted by Gasteiger charge is 2.11. The third-order valence-corrected chi connectivity index (χ3v) is 7.40. The lowest BCUT2D eigenvalue weighted by atomic mass is 10.2. The number of hydrogen-bond acceptors (Lipinski definition) is 6. The van der Waals surface area contributed by atoms with Gasteiger partial charge >= 0.3 is 0 Å². The van der Waals surface area contributed by atoms with E-state index in [0.717, 1.165) is 31.3 Å². The maximum absolute atomic E-state index is 12.3. The first-order valence-electron chi connectivity index (χ1n) is 8.42. The standard InChI is InChI=1S/C20H13BrClN3OS3/c21-14-5-1-12(2-6-14)17-10-28-20(24-17)29-11-18(26)25-19-23-16(9-27-19)13-3-7-15(22)8-4-13/h1-10H,11H2,(H,23,25,26). The minimum atomic E-state index is -0.104. The molecular weight excluding hydrogens is 510 g/mol. The molecular formula is C20H13BrClN3OS3. The number of thiazole rings is 2. The molecule has 0 aliphatic carbocycles. The van der Waals surface area contributed by atoms with Crippen LogP contribution < -0.4 is 5.32 Å². The summed E-state index contributed by atoms with van der Waals surface area (Å²) in [5.41, 5.74) is 3.74. The van der Waals surface area contributed by atoms with Gasteiger partial charge in [0.25, 0.3) is 0 Å². The normalized spacial score (nSPS) is 10.8. The SMILES string of the molecule is O=C(CSc1nc(-c2ccc(Br)cc2)cs1)Nc1nc(-c2ccc(Cl)cc2)cs1. The molecule has 2 aromatic carbocycles. The number of carbonyl (C=O) groups excluding carboxylic acids is 1. The number of nitrogens with zero attached hydrogens (tertiary/aromatic N) is 2. The van der Waals surface area contributed by atoms with Crippen LogP contribution in [0.3, 0.4) is 0 Å². The molecule has 1 N–H and O–H groups in total. The minimum Gasteiger partial charge on any atom is -0.301 e. The van der Waals surface area contributed by atoms with Crippen LogP contribution in [0.4, 0.5) is 5.13 Å². The number of nitrogens with one attached hydrogen (secondary N) is 1. The highest BCUT2D eigenvalue weighted by Crippen LogP contribution is 2.30. The van der Waals surface area contributed by atoms with E-state index in [0.29, 0.717) is 10.2 Å². The molecule has 0 atom stereocenters. The smallest absolute Gasteiger partial charge is 0.236 e. The molecule has 0 aliphatic heterocycles. The van der Waals surface area contributed by atoms with Crippen LogP contribution in [0.5, 0.6) is 0 Å². The molecule has 0 fully saturated rings. The van der Waals surface area contributed by atoms with E-state index in [9.17, 15) is 4.79 Å². The number of anilines is 1. The van der Waals surface area contributed by atoms with Gasteiger partial charge in [-0.1, -0.05) is 63.6 Å². The van der Waals surface area contributed by atoms with E-state index in [1.165, 1.54) is 34.4 Å². The number of rotatable bonds is 6. The van der Waals surface area contributed by atoms with Gasteiger partial charge in [-0.2, -0.15) is 0 Å². The molecule has 0 radical (unpaired) electrons. The Morgan fingerprint density at radius 2 is 1.59 bits per heavy atom. The Labute approximate surface area is 193 Å².